The lowest BCUT2D eigenvalue weighted by atomic mass is 10.1. The minimum atomic E-state index is -0.327. The maximum atomic E-state index is 9.30. The second kappa shape index (κ2) is 8.38. The van der Waals surface area contributed by atoms with Gasteiger partial charge in [0.05, 0.1) is 13.7 Å². The van der Waals surface area contributed by atoms with Crippen molar-refractivity contribution in [2.75, 3.05) is 13.7 Å². The van der Waals surface area contributed by atoms with E-state index in [1.54, 1.807) is 7.11 Å². The van der Waals surface area contributed by atoms with Crippen molar-refractivity contribution in [2.24, 2.45) is 0 Å². The zero-order chi connectivity index (χ0) is 17.6. The first-order valence-electron chi connectivity index (χ1n) is 7.84. The summed E-state index contributed by atoms with van der Waals surface area (Å²) in [6.45, 7) is 4.99. The van der Waals surface area contributed by atoms with Crippen LogP contribution in [0.5, 0.6) is 11.5 Å². The van der Waals surface area contributed by atoms with Gasteiger partial charge in [0.1, 0.15) is 6.61 Å². The molecule has 0 aromatic heterocycles. The maximum Gasteiger partial charge on any atom is 0.161 e. The number of hydrogen-bond donors (Lipinski definition) is 2. The van der Waals surface area contributed by atoms with Crippen LogP contribution in [0.3, 0.4) is 0 Å². The van der Waals surface area contributed by atoms with Crippen molar-refractivity contribution >= 4 is 11.6 Å². The van der Waals surface area contributed by atoms with E-state index >= 15 is 0 Å². The molecule has 0 bridgehead atoms. The van der Waals surface area contributed by atoms with Gasteiger partial charge in [-0.3, -0.25) is 0 Å². The van der Waals surface area contributed by atoms with Crippen molar-refractivity contribution in [1.82, 2.24) is 5.32 Å². The van der Waals surface area contributed by atoms with E-state index in [4.69, 9.17) is 21.1 Å². The standard InChI is InChI=1S/C19H24ClNO3/c1-19(2,13-22)21-11-14-8-9-17(18(10-14)23-3)24-12-15-6-4-5-7-16(15)20/h4-10,21-22H,11-13H2,1-3H3. The van der Waals surface area contributed by atoms with Crippen LogP contribution in [-0.4, -0.2) is 24.4 Å². The number of halogens is 1. The summed E-state index contributed by atoms with van der Waals surface area (Å²) in [4.78, 5) is 0. The van der Waals surface area contributed by atoms with Gasteiger partial charge in [-0.1, -0.05) is 35.9 Å². The van der Waals surface area contributed by atoms with Gasteiger partial charge < -0.3 is 19.9 Å². The molecule has 0 amide bonds. The monoisotopic (exact) mass is 349 g/mol. The molecule has 0 spiro atoms. The molecule has 0 saturated heterocycles. The molecule has 0 fully saturated rings. The van der Waals surface area contributed by atoms with Crippen LogP contribution in [0.4, 0.5) is 0 Å². The number of methoxy groups -OCH3 is 1. The number of aliphatic hydroxyl groups excluding tert-OH is 1. The molecule has 0 aliphatic carbocycles. The number of aliphatic hydroxyl groups is 1. The van der Waals surface area contributed by atoms with E-state index in [2.05, 4.69) is 5.32 Å². The summed E-state index contributed by atoms with van der Waals surface area (Å²) in [7, 11) is 1.62. The minimum Gasteiger partial charge on any atom is -0.493 e. The molecule has 0 aliphatic rings. The van der Waals surface area contributed by atoms with Gasteiger partial charge in [0.2, 0.25) is 0 Å². The Labute approximate surface area is 148 Å². The first-order valence-corrected chi connectivity index (χ1v) is 8.22. The topological polar surface area (TPSA) is 50.7 Å². The molecule has 2 aromatic carbocycles. The fraction of sp³-hybridized carbons (Fsp3) is 0.368. The molecule has 2 rings (SSSR count). The Morgan fingerprint density at radius 3 is 2.54 bits per heavy atom. The van der Waals surface area contributed by atoms with E-state index in [9.17, 15) is 5.11 Å². The number of ether oxygens (including phenoxy) is 2. The molecule has 0 aliphatic heterocycles. The molecular weight excluding hydrogens is 326 g/mol. The fourth-order valence-corrected chi connectivity index (χ4v) is 2.30. The first-order chi connectivity index (χ1) is 11.4. The van der Waals surface area contributed by atoms with E-state index in [1.807, 2.05) is 56.3 Å². The highest BCUT2D eigenvalue weighted by Crippen LogP contribution is 2.29. The number of benzene rings is 2. The number of hydrogen-bond acceptors (Lipinski definition) is 4. The molecule has 0 radical (unpaired) electrons. The average molecular weight is 350 g/mol. The lowest BCUT2D eigenvalue weighted by molar-refractivity contribution is 0.187. The van der Waals surface area contributed by atoms with Crippen LogP contribution in [0.1, 0.15) is 25.0 Å². The normalized spacial score (nSPS) is 11.4. The van der Waals surface area contributed by atoms with E-state index < -0.39 is 0 Å². The third-order valence-corrected chi connectivity index (χ3v) is 4.10. The van der Waals surface area contributed by atoms with Gasteiger partial charge in [-0.05, 0) is 37.6 Å². The molecule has 24 heavy (non-hydrogen) atoms. The van der Waals surface area contributed by atoms with Crippen LogP contribution in [0.15, 0.2) is 42.5 Å². The fourth-order valence-electron chi connectivity index (χ4n) is 2.11. The third kappa shape index (κ3) is 5.13. The highest BCUT2D eigenvalue weighted by atomic mass is 35.5. The largest absolute Gasteiger partial charge is 0.493 e. The van der Waals surface area contributed by atoms with E-state index in [0.29, 0.717) is 29.7 Å². The van der Waals surface area contributed by atoms with Crippen molar-refractivity contribution in [3.8, 4) is 11.5 Å². The van der Waals surface area contributed by atoms with Crippen LogP contribution in [0.25, 0.3) is 0 Å². The zero-order valence-corrected chi connectivity index (χ0v) is 15.1. The summed E-state index contributed by atoms with van der Waals surface area (Å²) in [5.74, 6) is 1.34. The second-order valence-electron chi connectivity index (χ2n) is 6.26. The lowest BCUT2D eigenvalue weighted by Gasteiger charge is -2.23. The predicted molar refractivity (Wildman–Crippen MR) is 96.8 cm³/mol. The molecule has 2 aromatic rings. The van der Waals surface area contributed by atoms with Gasteiger partial charge in [-0.15, -0.1) is 0 Å². The first kappa shape index (κ1) is 18.6. The van der Waals surface area contributed by atoms with Crippen LogP contribution in [0.2, 0.25) is 5.02 Å². The van der Waals surface area contributed by atoms with Gasteiger partial charge in [0, 0.05) is 22.7 Å². The summed E-state index contributed by atoms with van der Waals surface area (Å²) in [5.41, 5.74) is 1.65. The van der Waals surface area contributed by atoms with E-state index in [1.165, 1.54) is 0 Å². The zero-order valence-electron chi connectivity index (χ0n) is 14.3. The quantitative estimate of drug-likeness (QED) is 0.761. The summed E-state index contributed by atoms with van der Waals surface area (Å²) >= 11 is 6.15. The Hall–Kier alpha value is -1.75. The van der Waals surface area contributed by atoms with Gasteiger partial charge >= 0.3 is 0 Å². The van der Waals surface area contributed by atoms with Gasteiger partial charge in [-0.25, -0.2) is 0 Å². The Balaban J connectivity index is 2.05. The summed E-state index contributed by atoms with van der Waals surface area (Å²) < 4.78 is 11.3. The Kier molecular flexibility index (Phi) is 6.49. The third-order valence-electron chi connectivity index (χ3n) is 3.74. The molecule has 0 heterocycles. The molecule has 0 unspecified atom stereocenters. The number of rotatable bonds is 8. The lowest BCUT2D eigenvalue weighted by Crippen LogP contribution is -2.42. The summed E-state index contributed by atoms with van der Waals surface area (Å²) in [5, 5.41) is 13.3. The van der Waals surface area contributed by atoms with Crippen LogP contribution in [-0.2, 0) is 13.2 Å². The molecule has 0 saturated carbocycles. The minimum absolute atomic E-state index is 0.0726. The van der Waals surface area contributed by atoms with Crippen LogP contribution >= 0.6 is 11.6 Å². The highest BCUT2D eigenvalue weighted by molar-refractivity contribution is 6.31. The molecule has 130 valence electrons. The smallest absolute Gasteiger partial charge is 0.161 e. The Morgan fingerprint density at radius 1 is 1.12 bits per heavy atom. The summed E-state index contributed by atoms with van der Waals surface area (Å²) in [6.07, 6.45) is 0. The molecular formula is C19H24ClNO3. The SMILES string of the molecule is COc1cc(CNC(C)(C)CO)ccc1OCc1ccccc1Cl. The Morgan fingerprint density at radius 2 is 1.88 bits per heavy atom. The summed E-state index contributed by atoms with van der Waals surface area (Å²) in [6, 6.07) is 13.4. The Bertz CT molecular complexity index is 673. The van der Waals surface area contributed by atoms with Crippen molar-refractivity contribution in [3.63, 3.8) is 0 Å². The van der Waals surface area contributed by atoms with Gasteiger partial charge in [0.15, 0.2) is 11.5 Å². The average Bonchev–Trinajstić information content (AvgIpc) is 2.59. The predicted octanol–water partition coefficient (Wildman–Crippen LogP) is 3.79. The molecule has 5 heteroatoms. The highest BCUT2D eigenvalue weighted by Gasteiger charge is 2.15. The molecule has 0 atom stereocenters. The van der Waals surface area contributed by atoms with Crippen molar-refractivity contribution < 1.29 is 14.6 Å². The molecule has 4 nitrogen and oxygen atoms in total. The van der Waals surface area contributed by atoms with Crippen molar-refractivity contribution in [3.05, 3.63) is 58.6 Å². The number of nitrogens with one attached hydrogen (secondary N) is 1. The van der Waals surface area contributed by atoms with Gasteiger partial charge in [0.25, 0.3) is 0 Å². The maximum absolute atomic E-state index is 9.30. The molecule has 2 N–H and O–H groups in total. The van der Waals surface area contributed by atoms with Crippen molar-refractivity contribution in [2.45, 2.75) is 32.5 Å². The van der Waals surface area contributed by atoms with E-state index in [0.717, 1.165) is 11.1 Å². The van der Waals surface area contributed by atoms with Crippen LogP contribution < -0.4 is 14.8 Å². The van der Waals surface area contributed by atoms with Crippen molar-refractivity contribution in [1.29, 1.82) is 0 Å². The second-order valence-corrected chi connectivity index (χ2v) is 6.67. The van der Waals surface area contributed by atoms with Crippen LogP contribution in [0, 0.1) is 0 Å². The van der Waals surface area contributed by atoms with Gasteiger partial charge in [-0.2, -0.15) is 0 Å². The van der Waals surface area contributed by atoms with E-state index in [-0.39, 0.29) is 12.1 Å².